The van der Waals surface area contributed by atoms with Gasteiger partial charge in [0.2, 0.25) is 0 Å². The standard InChI is InChI=1S/C10H13.3HI.Zr/c1-10(2,3)9-7-5-4-6-8-9;;;;/h4-8H,1H2,2-3H3;3*1H;/q-1;;;;+3/p-3. The third kappa shape index (κ3) is 9.51. The van der Waals surface area contributed by atoms with Crippen molar-refractivity contribution >= 4 is 54.1 Å². The Morgan fingerprint density at radius 2 is 1.43 bits per heavy atom. The summed E-state index contributed by atoms with van der Waals surface area (Å²) < 4.78 is 0. The molecule has 0 bridgehead atoms. The monoisotopic (exact) mass is 604 g/mol. The fraction of sp³-hybridized carbons (Fsp3) is 0.300. The van der Waals surface area contributed by atoms with Gasteiger partial charge in [-0.1, -0.05) is 49.7 Å². The van der Waals surface area contributed by atoms with Crippen LogP contribution in [0.25, 0.3) is 0 Å². The second-order valence-electron chi connectivity index (χ2n) is 3.46. The van der Waals surface area contributed by atoms with Gasteiger partial charge in [-0.05, 0) is 0 Å². The molecule has 0 amide bonds. The molecule has 1 aromatic carbocycles. The Morgan fingerprint density at radius 1 is 1.07 bits per heavy atom. The van der Waals surface area contributed by atoms with Crippen LogP contribution in [0.5, 0.6) is 0 Å². The molecule has 0 aliphatic rings. The van der Waals surface area contributed by atoms with E-state index in [2.05, 4.69) is 87.0 Å². The summed E-state index contributed by atoms with van der Waals surface area (Å²) in [7, 11) is -0.633. The molecule has 0 nitrogen and oxygen atoms in total. The molecule has 0 aliphatic carbocycles. The first-order valence-electron chi connectivity index (χ1n) is 4.08. The number of benzene rings is 1. The van der Waals surface area contributed by atoms with Crippen molar-refractivity contribution in [1.82, 2.24) is 0 Å². The Bertz CT molecular complexity index is 239. The van der Waals surface area contributed by atoms with E-state index >= 15 is 0 Å². The van der Waals surface area contributed by atoms with Crippen molar-refractivity contribution in [3.8, 4) is 0 Å². The SMILES string of the molecule is [CH2-]C(C)(C)c1ccccc1.[I][Zr]([I])[I]. The van der Waals surface area contributed by atoms with Crippen LogP contribution in [0.3, 0.4) is 0 Å². The average Bonchev–Trinajstić information content (AvgIpc) is 2.03. The van der Waals surface area contributed by atoms with E-state index < -0.39 is 9.18 Å². The van der Waals surface area contributed by atoms with E-state index in [0.717, 1.165) is 0 Å². The van der Waals surface area contributed by atoms with E-state index in [9.17, 15) is 0 Å². The van der Waals surface area contributed by atoms with Crippen LogP contribution >= 0.6 is 54.1 Å². The van der Waals surface area contributed by atoms with Gasteiger partial charge >= 0.3 is 63.3 Å². The van der Waals surface area contributed by atoms with Gasteiger partial charge in [0, 0.05) is 0 Å². The van der Waals surface area contributed by atoms with Gasteiger partial charge in [-0.2, -0.15) is 0 Å². The Morgan fingerprint density at radius 3 is 1.64 bits per heavy atom. The van der Waals surface area contributed by atoms with Gasteiger partial charge in [0.15, 0.2) is 0 Å². The van der Waals surface area contributed by atoms with Crippen molar-refractivity contribution in [2.45, 2.75) is 19.3 Å². The van der Waals surface area contributed by atoms with Crippen LogP contribution in [0.1, 0.15) is 19.4 Å². The normalized spacial score (nSPS) is 10.1. The summed E-state index contributed by atoms with van der Waals surface area (Å²) in [5.74, 6) is 0. The number of halogens is 3. The van der Waals surface area contributed by atoms with E-state index in [4.69, 9.17) is 0 Å². The summed E-state index contributed by atoms with van der Waals surface area (Å²) in [6, 6.07) is 10.3. The number of rotatable bonds is 1. The fourth-order valence-electron chi connectivity index (χ4n) is 0.889. The third-order valence-corrected chi connectivity index (χ3v) is 1.56. The molecule has 1 rings (SSSR count). The van der Waals surface area contributed by atoms with Crippen molar-refractivity contribution in [3.05, 3.63) is 42.8 Å². The molecule has 1 aromatic rings. The van der Waals surface area contributed by atoms with E-state index in [-0.39, 0.29) is 5.41 Å². The summed E-state index contributed by atoms with van der Waals surface area (Å²) in [4.78, 5) is 0. The predicted octanol–water partition coefficient (Wildman–Crippen LogP) is 5.45. The molecule has 0 fully saturated rings. The molecule has 0 saturated carbocycles. The van der Waals surface area contributed by atoms with Gasteiger partial charge in [-0.25, -0.2) is 0 Å². The molecule has 14 heavy (non-hydrogen) atoms. The molecule has 0 unspecified atom stereocenters. The maximum absolute atomic E-state index is 4.04. The third-order valence-electron chi connectivity index (χ3n) is 1.56. The van der Waals surface area contributed by atoms with Crippen LogP contribution in [-0.2, 0) is 14.6 Å². The average molecular weight is 605 g/mol. The van der Waals surface area contributed by atoms with Gasteiger partial charge in [0.05, 0.1) is 0 Å². The van der Waals surface area contributed by atoms with E-state index in [0.29, 0.717) is 0 Å². The first-order chi connectivity index (χ1) is 6.34. The zero-order valence-corrected chi connectivity index (χ0v) is 17.2. The van der Waals surface area contributed by atoms with E-state index in [1.807, 2.05) is 18.2 Å². The van der Waals surface area contributed by atoms with Gasteiger partial charge in [-0.15, -0.1) is 5.41 Å². The number of hydrogen-bond donors (Lipinski definition) is 0. The van der Waals surface area contributed by atoms with Gasteiger partial charge in [0.25, 0.3) is 0 Å². The van der Waals surface area contributed by atoms with Crippen LogP contribution in [0.4, 0.5) is 0 Å². The van der Waals surface area contributed by atoms with Crippen molar-refractivity contribution in [1.29, 1.82) is 0 Å². The van der Waals surface area contributed by atoms with Crippen LogP contribution in [-0.4, -0.2) is 0 Å². The van der Waals surface area contributed by atoms with Crippen LogP contribution in [0.2, 0.25) is 0 Å². The van der Waals surface area contributed by atoms with Crippen molar-refractivity contribution in [3.63, 3.8) is 0 Å². The fourth-order valence-corrected chi connectivity index (χ4v) is 0.889. The van der Waals surface area contributed by atoms with Crippen LogP contribution < -0.4 is 0 Å². The van der Waals surface area contributed by atoms with Gasteiger partial charge in [-0.3, -0.25) is 0 Å². The summed E-state index contributed by atoms with van der Waals surface area (Å²) >= 11 is 7.54. The maximum atomic E-state index is 4.04. The Balaban J connectivity index is 0.000000364. The Labute approximate surface area is 123 Å². The van der Waals surface area contributed by atoms with Crippen LogP contribution in [0.15, 0.2) is 30.3 Å². The quantitative estimate of drug-likeness (QED) is 0.295. The van der Waals surface area contributed by atoms with Crippen molar-refractivity contribution < 1.29 is 9.18 Å². The molecule has 0 N–H and O–H groups in total. The molecular weight excluding hydrogens is 592 g/mol. The van der Waals surface area contributed by atoms with Gasteiger partial charge < -0.3 is 6.92 Å². The minimum atomic E-state index is -0.633. The minimum absolute atomic E-state index is 0.0429. The molecule has 0 atom stereocenters. The molecule has 0 aliphatic heterocycles. The molecule has 0 heterocycles. The molecule has 79 valence electrons. The molecule has 0 saturated heterocycles. The first-order valence-corrected chi connectivity index (χ1v) is 26.0. The Kier molecular flexibility index (Phi) is 9.77. The topological polar surface area (TPSA) is 0 Å². The summed E-state index contributed by atoms with van der Waals surface area (Å²) in [6.45, 7) is 8.27. The summed E-state index contributed by atoms with van der Waals surface area (Å²) in [5.41, 5.74) is 1.33. The van der Waals surface area contributed by atoms with Crippen LogP contribution in [0, 0.1) is 6.92 Å². The molecule has 0 aromatic heterocycles. The second-order valence-corrected chi connectivity index (χ2v) is 60.3. The second kappa shape index (κ2) is 8.39. The summed E-state index contributed by atoms with van der Waals surface area (Å²) in [5, 5.41) is 0. The first kappa shape index (κ1) is 16.3. The Hall–Kier alpha value is 2.29. The zero-order chi connectivity index (χ0) is 11.2. The summed E-state index contributed by atoms with van der Waals surface area (Å²) in [6.07, 6.45) is 0. The molecule has 0 radical (unpaired) electrons. The molecule has 4 heteroatoms. The van der Waals surface area contributed by atoms with E-state index in [1.165, 1.54) is 5.56 Å². The van der Waals surface area contributed by atoms with Gasteiger partial charge in [0.1, 0.15) is 0 Å². The van der Waals surface area contributed by atoms with Crippen molar-refractivity contribution in [2.24, 2.45) is 0 Å². The molecule has 0 spiro atoms. The van der Waals surface area contributed by atoms with E-state index in [1.54, 1.807) is 0 Å². The van der Waals surface area contributed by atoms with Crippen molar-refractivity contribution in [2.75, 3.05) is 0 Å². The molecular formula is C10H13I3Zr-. The zero-order valence-electron chi connectivity index (χ0n) is 8.23. The predicted molar refractivity (Wildman–Crippen MR) is 86.9 cm³/mol. The number of hydrogen-bond acceptors (Lipinski definition) is 0.